The molecule has 13 nitrogen and oxygen atoms in total. The highest BCUT2D eigenvalue weighted by Gasteiger charge is 2.26. The first kappa shape index (κ1) is 51.7. The van der Waals surface area contributed by atoms with E-state index < -0.39 is 23.9 Å². The standard InChI is InChI=1S/C20H40N4O7.C9H10O2.3C2H6/c1-15(2)18(20(27)23-16(3)19(21)26)24-17(25)5-7-28-9-11-30-13-14-31-12-10-29-8-6-22-4;1-8(10)11-7-9-5-3-2-4-6-9;3*1-2/h15-16,18,22H,5-14H2,1-4H3,(H2,21,26)(H,23,27)(H,24,25);2-6H,7H2,1H3;3*1-2H3. The molecule has 0 saturated heterocycles. The number of likely N-dealkylation sites (N-methyl/N-ethyl adjacent to an activating group) is 1. The zero-order valence-electron chi connectivity index (χ0n) is 31.6. The van der Waals surface area contributed by atoms with Gasteiger partial charge in [0, 0.05) is 19.9 Å². The minimum atomic E-state index is -0.809. The van der Waals surface area contributed by atoms with E-state index in [-0.39, 0.29) is 30.8 Å². The number of rotatable bonds is 22. The summed E-state index contributed by atoms with van der Waals surface area (Å²) in [6, 6.07) is 8.03. The maximum atomic E-state index is 12.2. The second kappa shape index (κ2) is 40.1. The number of carbonyl (C=O) groups excluding carboxylic acids is 4. The van der Waals surface area contributed by atoms with Crippen LogP contribution in [-0.4, -0.2) is 102 Å². The maximum Gasteiger partial charge on any atom is 0.302 e. The quantitative estimate of drug-likeness (QED) is 0.104. The van der Waals surface area contributed by atoms with Crippen LogP contribution in [0.3, 0.4) is 0 Å². The predicted octanol–water partition coefficient (Wildman–Crippen LogP) is 3.62. The molecule has 1 aromatic rings. The van der Waals surface area contributed by atoms with E-state index in [1.54, 1.807) is 13.8 Å². The fourth-order valence-corrected chi connectivity index (χ4v) is 3.01. The van der Waals surface area contributed by atoms with Gasteiger partial charge in [-0.25, -0.2) is 0 Å². The average molecular weight is 689 g/mol. The number of carbonyl (C=O) groups is 4. The first-order chi connectivity index (χ1) is 23.1. The predicted molar refractivity (Wildman–Crippen MR) is 191 cm³/mol. The van der Waals surface area contributed by atoms with Crippen LogP contribution >= 0.6 is 0 Å². The minimum Gasteiger partial charge on any atom is -0.461 e. The molecule has 0 aliphatic rings. The lowest BCUT2D eigenvalue weighted by Gasteiger charge is -2.23. The first-order valence-electron chi connectivity index (χ1n) is 17.1. The Hall–Kier alpha value is -3.10. The van der Waals surface area contributed by atoms with Gasteiger partial charge in [0.1, 0.15) is 18.7 Å². The third-order valence-corrected chi connectivity index (χ3v) is 5.42. The molecule has 5 N–H and O–H groups in total. The zero-order valence-corrected chi connectivity index (χ0v) is 31.6. The molecule has 0 fully saturated rings. The largest absolute Gasteiger partial charge is 0.461 e. The summed E-state index contributed by atoms with van der Waals surface area (Å²) in [5, 5.41) is 8.14. The molecule has 0 aromatic heterocycles. The summed E-state index contributed by atoms with van der Waals surface area (Å²) in [4.78, 5) is 45.8. The fraction of sp³-hybridized carbons (Fsp3) is 0.714. The third-order valence-electron chi connectivity index (χ3n) is 5.42. The Morgan fingerprint density at radius 3 is 1.58 bits per heavy atom. The van der Waals surface area contributed by atoms with Crippen LogP contribution in [0.5, 0.6) is 0 Å². The van der Waals surface area contributed by atoms with Gasteiger partial charge in [0.2, 0.25) is 17.7 Å². The van der Waals surface area contributed by atoms with Crippen LogP contribution in [0.2, 0.25) is 0 Å². The monoisotopic (exact) mass is 688 g/mol. The number of esters is 1. The molecule has 0 aliphatic heterocycles. The Bertz CT molecular complexity index is 875. The topological polar surface area (TPSA) is 177 Å². The van der Waals surface area contributed by atoms with Crippen LogP contribution in [0.1, 0.15) is 81.2 Å². The summed E-state index contributed by atoms with van der Waals surface area (Å²) in [5.41, 5.74) is 6.16. The maximum absolute atomic E-state index is 12.2. The van der Waals surface area contributed by atoms with E-state index in [2.05, 4.69) is 16.0 Å². The number of nitrogens with one attached hydrogen (secondary N) is 3. The molecule has 0 aliphatic carbocycles. The Kier molecular flexibility index (Phi) is 43.2. The van der Waals surface area contributed by atoms with Crippen molar-refractivity contribution >= 4 is 23.7 Å². The smallest absolute Gasteiger partial charge is 0.302 e. The molecular formula is C35H68N4O9. The summed E-state index contributed by atoms with van der Waals surface area (Å²) < 4.78 is 26.2. The molecule has 13 heteroatoms. The highest BCUT2D eigenvalue weighted by Crippen LogP contribution is 2.03. The molecule has 0 heterocycles. The van der Waals surface area contributed by atoms with Crippen molar-refractivity contribution in [3.63, 3.8) is 0 Å². The van der Waals surface area contributed by atoms with Crippen molar-refractivity contribution in [3.05, 3.63) is 35.9 Å². The number of hydrogen-bond acceptors (Lipinski definition) is 10. The summed E-state index contributed by atoms with van der Waals surface area (Å²) in [5.74, 6) is -1.80. The lowest BCUT2D eigenvalue weighted by molar-refractivity contribution is -0.142. The van der Waals surface area contributed by atoms with Crippen LogP contribution < -0.4 is 21.7 Å². The van der Waals surface area contributed by atoms with E-state index in [1.165, 1.54) is 13.8 Å². The Balaban J connectivity index is -0.000000468. The number of amides is 3. The molecule has 0 saturated carbocycles. The van der Waals surface area contributed by atoms with Crippen LogP contribution in [0.25, 0.3) is 0 Å². The van der Waals surface area contributed by atoms with E-state index in [9.17, 15) is 19.2 Å². The Morgan fingerprint density at radius 2 is 1.17 bits per heavy atom. The van der Waals surface area contributed by atoms with Crippen molar-refractivity contribution in [2.75, 3.05) is 66.4 Å². The second-order valence-electron chi connectivity index (χ2n) is 9.49. The van der Waals surface area contributed by atoms with Gasteiger partial charge in [0.15, 0.2) is 0 Å². The van der Waals surface area contributed by atoms with Gasteiger partial charge in [0.05, 0.1) is 52.9 Å². The second-order valence-corrected chi connectivity index (χ2v) is 9.49. The van der Waals surface area contributed by atoms with Crippen molar-refractivity contribution in [3.8, 4) is 0 Å². The molecule has 0 bridgehead atoms. The van der Waals surface area contributed by atoms with Crippen LogP contribution in [0.4, 0.5) is 0 Å². The van der Waals surface area contributed by atoms with Crippen molar-refractivity contribution in [1.29, 1.82) is 0 Å². The van der Waals surface area contributed by atoms with Crippen LogP contribution in [0, 0.1) is 5.92 Å². The van der Waals surface area contributed by atoms with E-state index in [4.69, 9.17) is 29.4 Å². The van der Waals surface area contributed by atoms with E-state index >= 15 is 0 Å². The average Bonchev–Trinajstić information content (AvgIpc) is 3.09. The van der Waals surface area contributed by atoms with Gasteiger partial charge in [-0.15, -0.1) is 0 Å². The van der Waals surface area contributed by atoms with Crippen LogP contribution in [-0.2, 0) is 49.5 Å². The molecule has 1 rings (SSSR count). The Labute approximate surface area is 290 Å². The van der Waals surface area contributed by atoms with Gasteiger partial charge in [-0.2, -0.15) is 0 Å². The van der Waals surface area contributed by atoms with Crippen molar-refractivity contribution < 1.29 is 42.9 Å². The van der Waals surface area contributed by atoms with Gasteiger partial charge < -0.3 is 45.4 Å². The molecule has 3 amide bonds. The minimum absolute atomic E-state index is 0.110. The van der Waals surface area contributed by atoms with Gasteiger partial charge in [-0.1, -0.05) is 85.7 Å². The molecule has 0 spiro atoms. The normalized spacial score (nSPS) is 10.9. The number of benzene rings is 1. The third kappa shape index (κ3) is 35.7. The number of hydrogen-bond donors (Lipinski definition) is 4. The molecule has 2 atom stereocenters. The van der Waals surface area contributed by atoms with E-state index in [0.29, 0.717) is 52.9 Å². The zero-order chi connectivity index (χ0) is 37.6. The molecular weight excluding hydrogens is 620 g/mol. The molecule has 282 valence electrons. The number of ether oxygens (including phenoxy) is 5. The summed E-state index contributed by atoms with van der Waals surface area (Å²) in [6.07, 6.45) is 0.110. The van der Waals surface area contributed by atoms with Crippen molar-refractivity contribution in [1.82, 2.24) is 16.0 Å². The summed E-state index contributed by atoms with van der Waals surface area (Å²) in [6.45, 7) is 23.3. The van der Waals surface area contributed by atoms with Gasteiger partial charge >= 0.3 is 5.97 Å². The number of nitrogens with two attached hydrogens (primary N) is 1. The summed E-state index contributed by atoms with van der Waals surface area (Å²) in [7, 11) is 1.87. The van der Waals surface area contributed by atoms with Crippen molar-refractivity contribution in [2.24, 2.45) is 11.7 Å². The highest BCUT2D eigenvalue weighted by atomic mass is 16.6. The summed E-state index contributed by atoms with van der Waals surface area (Å²) >= 11 is 0. The SMILES string of the molecule is CC.CC.CC.CC(=O)OCc1ccccc1.CNCCOCCOCCOCCOCCC(=O)NC(C(=O)NC(C)C(N)=O)C(C)C. The fourth-order valence-electron chi connectivity index (χ4n) is 3.01. The lowest BCUT2D eigenvalue weighted by atomic mass is 10.0. The molecule has 48 heavy (non-hydrogen) atoms. The van der Waals surface area contributed by atoms with E-state index in [1.807, 2.05) is 78.9 Å². The molecule has 2 unspecified atom stereocenters. The number of primary amides is 1. The van der Waals surface area contributed by atoms with Gasteiger partial charge in [-0.3, -0.25) is 19.2 Å². The highest BCUT2D eigenvalue weighted by molar-refractivity contribution is 5.91. The van der Waals surface area contributed by atoms with E-state index in [0.717, 1.165) is 12.1 Å². The first-order valence-corrected chi connectivity index (χ1v) is 17.1. The lowest BCUT2D eigenvalue weighted by Crippen LogP contribution is -2.54. The molecule has 0 radical (unpaired) electrons. The van der Waals surface area contributed by atoms with Gasteiger partial charge in [0.25, 0.3) is 0 Å². The van der Waals surface area contributed by atoms with Crippen molar-refractivity contribution in [2.45, 2.75) is 94.3 Å². The van der Waals surface area contributed by atoms with Crippen LogP contribution in [0.15, 0.2) is 30.3 Å². The van der Waals surface area contributed by atoms with Gasteiger partial charge in [-0.05, 0) is 25.5 Å². The molecule has 1 aromatic carbocycles. The Morgan fingerprint density at radius 1 is 0.708 bits per heavy atom.